The van der Waals surface area contributed by atoms with E-state index in [0.717, 1.165) is 5.69 Å². The Labute approximate surface area is 110 Å². The van der Waals surface area contributed by atoms with E-state index in [-0.39, 0.29) is 11.3 Å². The van der Waals surface area contributed by atoms with Gasteiger partial charge >= 0.3 is 5.97 Å². The van der Waals surface area contributed by atoms with Crippen molar-refractivity contribution in [1.29, 1.82) is 0 Å². The minimum atomic E-state index is -1.19. The van der Waals surface area contributed by atoms with Gasteiger partial charge < -0.3 is 19.9 Å². The van der Waals surface area contributed by atoms with Crippen molar-refractivity contribution >= 4 is 11.7 Å². The second-order valence-corrected chi connectivity index (χ2v) is 4.56. The van der Waals surface area contributed by atoms with Crippen molar-refractivity contribution in [2.24, 2.45) is 0 Å². The van der Waals surface area contributed by atoms with E-state index in [9.17, 15) is 9.90 Å². The number of ether oxygens (including phenoxy) is 2. The molecular formula is C14H13NO4. The second-order valence-electron chi connectivity index (χ2n) is 4.56. The van der Waals surface area contributed by atoms with Gasteiger partial charge in [0.05, 0.1) is 5.69 Å². The monoisotopic (exact) mass is 259 g/mol. The molecule has 1 aromatic carbocycles. The van der Waals surface area contributed by atoms with Gasteiger partial charge in [-0.1, -0.05) is 12.1 Å². The predicted octanol–water partition coefficient (Wildman–Crippen LogP) is 2.48. The highest BCUT2D eigenvalue weighted by atomic mass is 16.6. The van der Waals surface area contributed by atoms with Crippen molar-refractivity contribution in [2.75, 3.05) is 5.32 Å². The summed E-state index contributed by atoms with van der Waals surface area (Å²) in [6.45, 7) is 3.10. The number of carbonyl (C=O) groups excluding carboxylic acids is 1. The first-order valence-electron chi connectivity index (χ1n) is 5.90. The summed E-state index contributed by atoms with van der Waals surface area (Å²) in [7, 11) is 0. The molecule has 1 spiro atoms. The van der Waals surface area contributed by atoms with Crippen LogP contribution in [-0.2, 0) is 9.53 Å². The Kier molecular flexibility index (Phi) is 2.32. The molecule has 19 heavy (non-hydrogen) atoms. The van der Waals surface area contributed by atoms with E-state index in [1.54, 1.807) is 19.1 Å². The second kappa shape index (κ2) is 3.78. The van der Waals surface area contributed by atoms with Crippen LogP contribution in [0.5, 0.6) is 5.75 Å². The number of rotatable bonds is 0. The third-order valence-electron chi connectivity index (χ3n) is 3.08. The van der Waals surface area contributed by atoms with E-state index < -0.39 is 11.7 Å². The highest BCUT2D eigenvalue weighted by Gasteiger charge is 2.49. The number of hydrogen-bond donors (Lipinski definition) is 2. The lowest BCUT2D eigenvalue weighted by atomic mass is 9.98. The molecule has 0 aliphatic carbocycles. The predicted molar refractivity (Wildman–Crippen MR) is 68.6 cm³/mol. The molecule has 2 heterocycles. The van der Waals surface area contributed by atoms with Gasteiger partial charge in [-0.2, -0.15) is 0 Å². The molecule has 0 amide bonds. The minimum absolute atomic E-state index is 0.0642. The van der Waals surface area contributed by atoms with Crippen molar-refractivity contribution < 1.29 is 19.4 Å². The number of hydrogen-bond acceptors (Lipinski definition) is 5. The first-order chi connectivity index (χ1) is 9.02. The molecule has 0 aromatic heterocycles. The van der Waals surface area contributed by atoms with Gasteiger partial charge in [0.15, 0.2) is 0 Å². The molecular weight excluding hydrogens is 246 g/mol. The Hall–Kier alpha value is -2.43. The lowest BCUT2D eigenvalue weighted by Crippen LogP contribution is -2.47. The SMILES string of the molecule is CC1=CC2(Nc3ccccc3O2)/C(=C(\C)O)C(=O)O1. The summed E-state index contributed by atoms with van der Waals surface area (Å²) in [5.41, 5.74) is -0.364. The Morgan fingerprint density at radius 2 is 2.11 bits per heavy atom. The number of aliphatic hydroxyl groups excluding tert-OH is 1. The standard InChI is InChI=1S/C14H13NO4/c1-8-7-14(12(9(2)16)13(17)18-8)15-10-5-3-4-6-11(10)19-14/h3-7,15-16H,1-2H3/b12-9+. The zero-order chi connectivity index (χ0) is 13.6. The largest absolute Gasteiger partial charge is 0.512 e. The maximum atomic E-state index is 12.0. The fraction of sp³-hybridized carbons (Fsp3) is 0.214. The van der Waals surface area contributed by atoms with Gasteiger partial charge in [-0.15, -0.1) is 0 Å². The number of fused-ring (bicyclic) bond motifs is 1. The highest BCUT2D eigenvalue weighted by molar-refractivity contribution is 5.95. The number of nitrogens with one attached hydrogen (secondary N) is 1. The molecule has 2 N–H and O–H groups in total. The van der Waals surface area contributed by atoms with Crippen LogP contribution in [0.4, 0.5) is 5.69 Å². The number of anilines is 1. The van der Waals surface area contributed by atoms with Crippen LogP contribution >= 0.6 is 0 Å². The van der Waals surface area contributed by atoms with Crippen LogP contribution in [0, 0.1) is 0 Å². The molecule has 5 nitrogen and oxygen atoms in total. The molecule has 3 rings (SSSR count). The summed E-state index contributed by atoms with van der Waals surface area (Å²) >= 11 is 0. The smallest absolute Gasteiger partial charge is 0.349 e. The molecule has 2 aliphatic heterocycles. The van der Waals surface area contributed by atoms with E-state index in [4.69, 9.17) is 9.47 Å². The van der Waals surface area contributed by atoms with Crippen LogP contribution in [0.25, 0.3) is 0 Å². The first-order valence-corrected chi connectivity index (χ1v) is 5.90. The zero-order valence-corrected chi connectivity index (χ0v) is 10.6. The van der Waals surface area contributed by atoms with Gasteiger partial charge in [0.1, 0.15) is 22.8 Å². The quantitative estimate of drug-likeness (QED) is 0.425. The third kappa shape index (κ3) is 1.66. The molecule has 2 aliphatic rings. The fourth-order valence-corrected chi connectivity index (χ4v) is 2.39. The maximum absolute atomic E-state index is 12.0. The van der Waals surface area contributed by atoms with Gasteiger partial charge in [0.2, 0.25) is 5.72 Å². The Bertz CT molecular complexity index is 601. The molecule has 0 radical (unpaired) electrons. The van der Waals surface area contributed by atoms with Crippen LogP contribution in [0.15, 0.2) is 47.4 Å². The van der Waals surface area contributed by atoms with Crippen molar-refractivity contribution in [3.63, 3.8) is 0 Å². The minimum Gasteiger partial charge on any atom is -0.512 e. The van der Waals surface area contributed by atoms with Crippen molar-refractivity contribution in [3.05, 3.63) is 47.4 Å². The van der Waals surface area contributed by atoms with Gasteiger partial charge in [-0.3, -0.25) is 0 Å². The maximum Gasteiger partial charge on any atom is 0.349 e. The molecule has 1 unspecified atom stereocenters. The Morgan fingerprint density at radius 3 is 2.79 bits per heavy atom. The van der Waals surface area contributed by atoms with E-state index in [1.165, 1.54) is 6.92 Å². The van der Waals surface area contributed by atoms with E-state index >= 15 is 0 Å². The molecule has 0 saturated carbocycles. The molecule has 5 heteroatoms. The number of esters is 1. The molecule has 1 atom stereocenters. The Balaban J connectivity index is 2.16. The lowest BCUT2D eigenvalue weighted by Gasteiger charge is -2.31. The Morgan fingerprint density at radius 1 is 1.37 bits per heavy atom. The van der Waals surface area contributed by atoms with E-state index in [0.29, 0.717) is 11.5 Å². The zero-order valence-electron chi connectivity index (χ0n) is 10.6. The number of cyclic esters (lactones) is 1. The summed E-state index contributed by atoms with van der Waals surface area (Å²) in [5.74, 6) is 0.310. The summed E-state index contributed by atoms with van der Waals surface area (Å²) in [6.07, 6.45) is 1.64. The fourth-order valence-electron chi connectivity index (χ4n) is 2.39. The van der Waals surface area contributed by atoms with Crippen LogP contribution in [0.2, 0.25) is 0 Å². The van der Waals surface area contributed by atoms with E-state index in [1.807, 2.05) is 18.2 Å². The van der Waals surface area contributed by atoms with Gasteiger partial charge in [-0.05, 0) is 26.0 Å². The highest BCUT2D eigenvalue weighted by Crippen LogP contribution is 2.43. The van der Waals surface area contributed by atoms with Gasteiger partial charge in [0.25, 0.3) is 0 Å². The normalized spacial score (nSPS) is 27.1. The van der Waals surface area contributed by atoms with E-state index in [2.05, 4.69) is 5.32 Å². The number of aliphatic hydroxyl groups is 1. The van der Waals surface area contributed by atoms with Gasteiger partial charge in [-0.25, -0.2) is 4.79 Å². The molecule has 0 bridgehead atoms. The molecule has 1 aromatic rings. The molecule has 98 valence electrons. The number of carbonyl (C=O) groups is 1. The molecule has 0 fully saturated rings. The summed E-state index contributed by atoms with van der Waals surface area (Å²) in [6, 6.07) is 7.34. The lowest BCUT2D eigenvalue weighted by molar-refractivity contribution is -0.138. The van der Waals surface area contributed by atoms with Crippen molar-refractivity contribution in [3.8, 4) is 5.75 Å². The van der Waals surface area contributed by atoms with Crippen LogP contribution in [-0.4, -0.2) is 16.8 Å². The van der Waals surface area contributed by atoms with Crippen LogP contribution < -0.4 is 10.1 Å². The summed E-state index contributed by atoms with van der Waals surface area (Å²) in [4.78, 5) is 12.0. The molecule has 0 saturated heterocycles. The average Bonchev–Trinajstić information content (AvgIpc) is 2.64. The third-order valence-corrected chi connectivity index (χ3v) is 3.08. The van der Waals surface area contributed by atoms with Crippen LogP contribution in [0.3, 0.4) is 0 Å². The number of allylic oxidation sites excluding steroid dienone is 2. The number of benzene rings is 1. The van der Waals surface area contributed by atoms with Crippen molar-refractivity contribution in [1.82, 2.24) is 0 Å². The topological polar surface area (TPSA) is 67.8 Å². The first kappa shape index (κ1) is 11.6. The van der Waals surface area contributed by atoms with Crippen LogP contribution in [0.1, 0.15) is 13.8 Å². The number of para-hydroxylation sites is 2. The summed E-state index contributed by atoms with van der Waals surface area (Å²) in [5, 5.41) is 12.9. The summed E-state index contributed by atoms with van der Waals surface area (Å²) < 4.78 is 10.9. The van der Waals surface area contributed by atoms with Crippen molar-refractivity contribution in [2.45, 2.75) is 19.6 Å². The van der Waals surface area contributed by atoms with Gasteiger partial charge in [0, 0.05) is 6.08 Å². The average molecular weight is 259 g/mol.